The molecule has 0 spiro atoms. The van der Waals surface area contributed by atoms with Crippen molar-refractivity contribution in [1.29, 1.82) is 0 Å². The van der Waals surface area contributed by atoms with Crippen molar-refractivity contribution in [3.8, 4) is 0 Å². The number of carbonyl (C=O) groups excluding carboxylic acids is 5. The number of hydrogen-bond donors (Lipinski definition) is 2. The zero-order valence-electron chi connectivity index (χ0n) is 32.4. The lowest BCUT2D eigenvalue weighted by Gasteiger charge is -2.27. The third-order valence-electron chi connectivity index (χ3n) is 8.68. The van der Waals surface area contributed by atoms with Crippen LogP contribution in [-0.4, -0.2) is 146 Å². The molecule has 55 heavy (non-hydrogen) atoms. The average Bonchev–Trinajstić information content (AvgIpc) is 3.43. The molecule has 1 aromatic rings. The van der Waals surface area contributed by atoms with Crippen molar-refractivity contribution in [3.63, 3.8) is 0 Å². The topological polar surface area (TPSA) is 186 Å². The highest BCUT2D eigenvalue weighted by Crippen LogP contribution is 2.32. The van der Waals surface area contributed by atoms with Crippen LogP contribution in [0.2, 0.25) is 0 Å². The fourth-order valence-electron chi connectivity index (χ4n) is 5.77. The number of anilines is 1. The second kappa shape index (κ2) is 29.0. The molecule has 5 amide bonds. The summed E-state index contributed by atoms with van der Waals surface area (Å²) in [5, 5.41) is 4.91. The molecule has 1 saturated heterocycles. The Morgan fingerprint density at radius 3 is 1.58 bits per heavy atom. The molecular weight excluding hydrogens is 718 g/mol. The normalized spacial score (nSPS) is 15.5. The summed E-state index contributed by atoms with van der Waals surface area (Å²) in [6.45, 7) is 10.6. The lowest BCUT2D eigenvalue weighted by Crippen LogP contribution is -2.54. The van der Waals surface area contributed by atoms with Crippen LogP contribution >= 0.6 is 0 Å². The molecule has 2 aliphatic heterocycles. The summed E-state index contributed by atoms with van der Waals surface area (Å²) in [5.41, 5.74) is 0.393. The van der Waals surface area contributed by atoms with Gasteiger partial charge in [0.1, 0.15) is 6.04 Å². The van der Waals surface area contributed by atoms with Crippen LogP contribution in [-0.2, 0) is 52.3 Å². The number of piperidine rings is 1. The summed E-state index contributed by atoms with van der Waals surface area (Å²) in [5.74, 6) is -2.70. The van der Waals surface area contributed by atoms with E-state index in [0.717, 1.165) is 30.8 Å². The van der Waals surface area contributed by atoms with E-state index < -0.39 is 29.7 Å². The van der Waals surface area contributed by atoms with Crippen LogP contribution in [0.25, 0.3) is 0 Å². The molecule has 0 radical (unpaired) electrons. The molecule has 2 heterocycles. The summed E-state index contributed by atoms with van der Waals surface area (Å²) in [6, 6.07) is 3.54. The van der Waals surface area contributed by atoms with Crippen LogP contribution in [0.3, 0.4) is 0 Å². The first-order valence-electron chi connectivity index (χ1n) is 19.7. The summed E-state index contributed by atoms with van der Waals surface area (Å²) >= 11 is 0. The Hall–Kier alpha value is -3.35. The fourth-order valence-corrected chi connectivity index (χ4v) is 5.77. The number of nitrogens with zero attached hydrogens (tertiary/aromatic N) is 1. The molecular formula is C39H61N3O13. The molecule has 3 rings (SSSR count). The predicted octanol–water partition coefficient (Wildman–Crippen LogP) is 3.30. The number of rotatable bonds is 34. The number of ether oxygens (including phenoxy) is 8. The van der Waals surface area contributed by atoms with Gasteiger partial charge in [-0.05, 0) is 37.8 Å². The smallest absolute Gasteiger partial charge is 0.264 e. The van der Waals surface area contributed by atoms with E-state index in [2.05, 4.69) is 17.6 Å². The molecule has 16 nitrogen and oxygen atoms in total. The van der Waals surface area contributed by atoms with Gasteiger partial charge < -0.3 is 43.2 Å². The van der Waals surface area contributed by atoms with Gasteiger partial charge in [-0.25, -0.2) is 0 Å². The second-order valence-corrected chi connectivity index (χ2v) is 13.0. The van der Waals surface area contributed by atoms with Crippen molar-refractivity contribution >= 4 is 35.2 Å². The van der Waals surface area contributed by atoms with E-state index in [-0.39, 0.29) is 42.0 Å². The minimum absolute atomic E-state index is 0.0312. The second-order valence-electron chi connectivity index (χ2n) is 13.0. The molecule has 1 fully saturated rings. The van der Waals surface area contributed by atoms with Crippen molar-refractivity contribution in [2.45, 2.75) is 77.2 Å². The number of fused-ring (bicyclic) bond motifs is 1. The summed E-state index contributed by atoms with van der Waals surface area (Å²) in [7, 11) is 0. The first kappa shape index (κ1) is 46.0. The van der Waals surface area contributed by atoms with E-state index in [1.165, 1.54) is 25.3 Å². The van der Waals surface area contributed by atoms with Gasteiger partial charge in [-0.15, -0.1) is 0 Å². The number of unbranched alkanes of at least 4 members (excludes halogenated alkanes) is 5. The number of nitrogens with one attached hydrogen (secondary N) is 2. The zero-order valence-corrected chi connectivity index (χ0v) is 32.4. The molecule has 0 aliphatic carbocycles. The van der Waals surface area contributed by atoms with Crippen molar-refractivity contribution in [1.82, 2.24) is 10.2 Å². The SMILES string of the molecule is CCCCCCOCCOCCOCCOCCOCCOCCOCCOCCCCCC(=O)Nc1cccc2c1C(=O)N(C1CCC(=O)NC1=O)C2=O. The van der Waals surface area contributed by atoms with Gasteiger partial charge in [-0.2, -0.15) is 0 Å². The van der Waals surface area contributed by atoms with Crippen LogP contribution in [0.1, 0.15) is 91.8 Å². The van der Waals surface area contributed by atoms with Gasteiger partial charge in [-0.1, -0.05) is 38.7 Å². The van der Waals surface area contributed by atoms with Gasteiger partial charge >= 0.3 is 0 Å². The molecule has 2 aliphatic rings. The zero-order chi connectivity index (χ0) is 39.4. The molecule has 2 N–H and O–H groups in total. The fraction of sp³-hybridized carbons (Fsp3) is 0.718. The Bertz CT molecular complexity index is 1300. The van der Waals surface area contributed by atoms with Gasteiger partial charge in [0.25, 0.3) is 11.8 Å². The lowest BCUT2D eigenvalue weighted by atomic mass is 10.0. The van der Waals surface area contributed by atoms with Crippen molar-refractivity contribution in [2.24, 2.45) is 0 Å². The first-order chi connectivity index (χ1) is 26.9. The number of hydrogen-bond acceptors (Lipinski definition) is 13. The maximum absolute atomic E-state index is 13.2. The number of amides is 5. The van der Waals surface area contributed by atoms with Crippen LogP contribution in [0.15, 0.2) is 18.2 Å². The van der Waals surface area contributed by atoms with E-state index >= 15 is 0 Å². The monoisotopic (exact) mass is 779 g/mol. The van der Waals surface area contributed by atoms with Crippen LogP contribution in [0, 0.1) is 0 Å². The summed E-state index contributed by atoms with van der Waals surface area (Å²) in [6.07, 6.45) is 7.32. The van der Waals surface area contributed by atoms with Gasteiger partial charge in [0, 0.05) is 26.1 Å². The largest absolute Gasteiger partial charge is 0.379 e. The number of imide groups is 2. The maximum atomic E-state index is 13.2. The molecule has 1 atom stereocenters. The lowest BCUT2D eigenvalue weighted by molar-refractivity contribution is -0.136. The van der Waals surface area contributed by atoms with Crippen molar-refractivity contribution in [3.05, 3.63) is 29.3 Å². The van der Waals surface area contributed by atoms with Gasteiger partial charge in [0.05, 0.1) is 109 Å². The Kier molecular flexibility index (Phi) is 24.2. The quantitative estimate of drug-likeness (QED) is 0.0768. The number of carbonyl (C=O) groups is 5. The number of benzene rings is 1. The molecule has 1 unspecified atom stereocenters. The third-order valence-corrected chi connectivity index (χ3v) is 8.68. The van der Waals surface area contributed by atoms with Gasteiger partial charge in [-0.3, -0.25) is 34.2 Å². The molecule has 0 aromatic heterocycles. The van der Waals surface area contributed by atoms with Gasteiger partial charge in [0.15, 0.2) is 0 Å². The molecule has 16 heteroatoms. The van der Waals surface area contributed by atoms with E-state index in [4.69, 9.17) is 37.9 Å². The predicted molar refractivity (Wildman–Crippen MR) is 201 cm³/mol. The Morgan fingerprint density at radius 2 is 1.11 bits per heavy atom. The summed E-state index contributed by atoms with van der Waals surface area (Å²) in [4.78, 5) is 63.5. The highest BCUT2D eigenvalue weighted by molar-refractivity contribution is 6.26. The first-order valence-corrected chi connectivity index (χ1v) is 19.7. The van der Waals surface area contributed by atoms with Crippen molar-refractivity contribution in [2.75, 3.05) is 111 Å². The van der Waals surface area contributed by atoms with Crippen LogP contribution < -0.4 is 10.6 Å². The standard InChI is InChI=1S/C39H61N3O13/c1-2-3-4-7-15-48-17-19-50-21-23-52-25-27-54-29-30-55-28-26-53-24-22-51-20-18-49-16-8-5-6-12-34(43)40-32-11-9-10-31-36(32)39(47)42(38(31)46)33-13-14-35(44)41-37(33)45/h9-11,33H,2-8,12-30H2,1H3,(H,40,43)(H,41,44,45). The van der Waals surface area contributed by atoms with E-state index in [1.54, 1.807) is 12.1 Å². The van der Waals surface area contributed by atoms with Crippen molar-refractivity contribution < 1.29 is 61.9 Å². The van der Waals surface area contributed by atoms with E-state index in [0.29, 0.717) is 106 Å². The maximum Gasteiger partial charge on any atom is 0.264 e. The minimum atomic E-state index is -1.07. The summed E-state index contributed by atoms with van der Waals surface area (Å²) < 4.78 is 44.1. The highest BCUT2D eigenvalue weighted by Gasteiger charge is 2.45. The minimum Gasteiger partial charge on any atom is -0.379 e. The molecule has 0 saturated carbocycles. The van der Waals surface area contributed by atoms with Crippen LogP contribution in [0.4, 0.5) is 5.69 Å². The van der Waals surface area contributed by atoms with E-state index in [9.17, 15) is 24.0 Å². The van der Waals surface area contributed by atoms with E-state index in [1.807, 2.05) is 0 Å². The molecule has 0 bridgehead atoms. The highest BCUT2D eigenvalue weighted by atomic mass is 16.6. The Balaban J connectivity index is 1.04. The Morgan fingerprint density at radius 1 is 0.636 bits per heavy atom. The Labute approximate surface area is 324 Å². The average molecular weight is 780 g/mol. The molecule has 310 valence electrons. The molecule has 1 aromatic carbocycles. The van der Waals surface area contributed by atoms with Gasteiger partial charge in [0.2, 0.25) is 17.7 Å². The third kappa shape index (κ3) is 18.4. The van der Waals surface area contributed by atoms with Crippen LogP contribution in [0.5, 0.6) is 0 Å².